The standard InChI is InChI=1S/C17H19Cl2N5O/c1-23(10-16-21-6-4-15(20)22-16)12-5-7-24(9-12)17(25)11-2-3-13(18)14(19)8-11/h2-4,6,8,12H,5,7,9-10H2,1H3,(H2,20,21,22). The van der Waals surface area contributed by atoms with E-state index >= 15 is 0 Å². The van der Waals surface area contributed by atoms with Crippen molar-refractivity contribution in [2.24, 2.45) is 0 Å². The number of amides is 1. The minimum atomic E-state index is -0.0327. The summed E-state index contributed by atoms with van der Waals surface area (Å²) >= 11 is 11.9. The van der Waals surface area contributed by atoms with Crippen LogP contribution >= 0.6 is 23.2 Å². The Hall–Kier alpha value is -1.89. The number of rotatable bonds is 4. The highest BCUT2D eigenvalue weighted by Crippen LogP contribution is 2.25. The Morgan fingerprint density at radius 3 is 2.88 bits per heavy atom. The van der Waals surface area contributed by atoms with Crippen molar-refractivity contribution in [1.82, 2.24) is 19.8 Å². The molecule has 1 aliphatic heterocycles. The Morgan fingerprint density at radius 2 is 2.16 bits per heavy atom. The molecule has 25 heavy (non-hydrogen) atoms. The second-order valence-electron chi connectivity index (χ2n) is 6.14. The summed E-state index contributed by atoms with van der Waals surface area (Å²) in [6.07, 6.45) is 2.55. The number of benzene rings is 1. The fourth-order valence-corrected chi connectivity index (χ4v) is 3.24. The van der Waals surface area contributed by atoms with Gasteiger partial charge in [0.1, 0.15) is 11.6 Å². The average molecular weight is 380 g/mol. The van der Waals surface area contributed by atoms with Crippen LogP contribution in [0.5, 0.6) is 0 Å². The highest BCUT2D eigenvalue weighted by atomic mass is 35.5. The molecule has 0 saturated carbocycles. The zero-order valence-corrected chi connectivity index (χ0v) is 15.3. The van der Waals surface area contributed by atoms with Gasteiger partial charge in [0.05, 0.1) is 16.6 Å². The summed E-state index contributed by atoms with van der Waals surface area (Å²) in [4.78, 5) is 25.1. The minimum absolute atomic E-state index is 0.0327. The van der Waals surface area contributed by atoms with E-state index < -0.39 is 0 Å². The summed E-state index contributed by atoms with van der Waals surface area (Å²) in [7, 11) is 2.00. The van der Waals surface area contributed by atoms with E-state index in [0.717, 1.165) is 6.42 Å². The maximum absolute atomic E-state index is 12.6. The molecule has 0 bridgehead atoms. The Kier molecular flexibility index (Phi) is 5.42. The average Bonchev–Trinajstić information content (AvgIpc) is 3.07. The van der Waals surface area contributed by atoms with Crippen molar-refractivity contribution < 1.29 is 4.79 Å². The van der Waals surface area contributed by atoms with Crippen LogP contribution in [-0.4, -0.2) is 51.9 Å². The van der Waals surface area contributed by atoms with Crippen molar-refractivity contribution >= 4 is 34.9 Å². The van der Waals surface area contributed by atoms with Crippen molar-refractivity contribution in [3.8, 4) is 0 Å². The zero-order chi connectivity index (χ0) is 18.0. The van der Waals surface area contributed by atoms with E-state index in [1.54, 1.807) is 30.5 Å². The van der Waals surface area contributed by atoms with Gasteiger partial charge in [-0.15, -0.1) is 0 Å². The highest BCUT2D eigenvalue weighted by molar-refractivity contribution is 6.42. The molecule has 1 fully saturated rings. The maximum Gasteiger partial charge on any atom is 0.253 e. The Morgan fingerprint density at radius 1 is 1.36 bits per heavy atom. The molecule has 0 radical (unpaired) electrons. The monoisotopic (exact) mass is 379 g/mol. The van der Waals surface area contributed by atoms with Crippen molar-refractivity contribution in [3.63, 3.8) is 0 Å². The molecule has 1 aromatic carbocycles. The first-order valence-corrected chi connectivity index (χ1v) is 8.71. The molecule has 1 atom stereocenters. The number of likely N-dealkylation sites (tertiary alicyclic amines) is 1. The van der Waals surface area contributed by atoms with Gasteiger partial charge in [-0.3, -0.25) is 9.69 Å². The topological polar surface area (TPSA) is 75.4 Å². The van der Waals surface area contributed by atoms with Crippen molar-refractivity contribution in [2.45, 2.75) is 19.0 Å². The SMILES string of the molecule is CN(Cc1nccc(N)n1)C1CCN(C(=O)c2ccc(Cl)c(Cl)c2)C1. The molecular weight excluding hydrogens is 361 g/mol. The summed E-state index contributed by atoms with van der Waals surface area (Å²) < 4.78 is 0. The molecule has 2 aromatic rings. The molecule has 3 rings (SSSR count). The fourth-order valence-electron chi connectivity index (χ4n) is 2.94. The number of nitrogens with zero attached hydrogens (tertiary/aromatic N) is 4. The molecule has 2 heterocycles. The van der Waals surface area contributed by atoms with Gasteiger partial charge < -0.3 is 10.6 Å². The van der Waals surface area contributed by atoms with Crippen LogP contribution in [0.15, 0.2) is 30.5 Å². The predicted molar refractivity (Wildman–Crippen MR) is 98.7 cm³/mol. The summed E-state index contributed by atoms with van der Waals surface area (Å²) in [6.45, 7) is 1.94. The Labute approximate surface area is 156 Å². The minimum Gasteiger partial charge on any atom is -0.384 e. The van der Waals surface area contributed by atoms with Crippen molar-refractivity contribution in [3.05, 3.63) is 51.9 Å². The lowest BCUT2D eigenvalue weighted by Gasteiger charge is -2.24. The van der Waals surface area contributed by atoms with Crippen LogP contribution in [0, 0.1) is 0 Å². The van der Waals surface area contributed by atoms with Crippen LogP contribution in [0.1, 0.15) is 22.6 Å². The van der Waals surface area contributed by atoms with Gasteiger partial charge >= 0.3 is 0 Å². The number of anilines is 1. The van der Waals surface area contributed by atoms with E-state index in [2.05, 4.69) is 14.9 Å². The molecule has 2 N–H and O–H groups in total. The molecule has 8 heteroatoms. The van der Waals surface area contributed by atoms with Gasteiger partial charge in [-0.1, -0.05) is 23.2 Å². The lowest BCUT2D eigenvalue weighted by atomic mass is 10.2. The fraction of sp³-hybridized carbons (Fsp3) is 0.353. The van der Waals surface area contributed by atoms with Gasteiger partial charge in [-0.05, 0) is 37.7 Å². The number of carbonyl (C=O) groups excluding carboxylic acids is 1. The molecule has 1 saturated heterocycles. The normalized spacial score (nSPS) is 17.3. The Balaban J connectivity index is 1.62. The third kappa shape index (κ3) is 4.21. The first-order chi connectivity index (χ1) is 11.9. The number of hydrogen-bond donors (Lipinski definition) is 1. The summed E-state index contributed by atoms with van der Waals surface area (Å²) in [5.41, 5.74) is 6.25. The van der Waals surface area contributed by atoms with Crippen molar-refractivity contribution in [1.29, 1.82) is 0 Å². The van der Waals surface area contributed by atoms with E-state index in [4.69, 9.17) is 28.9 Å². The van der Waals surface area contributed by atoms with Gasteiger partial charge in [0.2, 0.25) is 0 Å². The molecule has 0 spiro atoms. The molecule has 1 aromatic heterocycles. The second kappa shape index (κ2) is 7.56. The number of carbonyl (C=O) groups is 1. The van der Waals surface area contributed by atoms with Crippen LogP contribution in [0.3, 0.4) is 0 Å². The number of nitrogen functional groups attached to an aromatic ring is 1. The van der Waals surface area contributed by atoms with E-state index in [-0.39, 0.29) is 11.9 Å². The predicted octanol–water partition coefficient (Wildman–Crippen LogP) is 2.71. The summed E-state index contributed by atoms with van der Waals surface area (Å²) in [5.74, 6) is 1.10. The second-order valence-corrected chi connectivity index (χ2v) is 6.95. The zero-order valence-electron chi connectivity index (χ0n) is 13.8. The lowest BCUT2D eigenvalue weighted by Crippen LogP contribution is -2.36. The van der Waals surface area contributed by atoms with Gasteiger partial charge in [0.25, 0.3) is 5.91 Å². The maximum atomic E-state index is 12.6. The largest absolute Gasteiger partial charge is 0.384 e. The van der Waals surface area contributed by atoms with Crippen LogP contribution in [0.25, 0.3) is 0 Å². The number of aromatic nitrogens is 2. The van der Waals surface area contributed by atoms with Gasteiger partial charge in [0.15, 0.2) is 0 Å². The van der Waals surface area contributed by atoms with E-state index in [9.17, 15) is 4.79 Å². The van der Waals surface area contributed by atoms with E-state index in [1.165, 1.54) is 0 Å². The molecular formula is C17H19Cl2N5O. The lowest BCUT2D eigenvalue weighted by molar-refractivity contribution is 0.0779. The molecule has 6 nitrogen and oxygen atoms in total. The Bertz CT molecular complexity index is 785. The van der Waals surface area contributed by atoms with E-state index in [1.807, 2.05) is 11.9 Å². The first-order valence-electron chi connectivity index (χ1n) is 7.96. The van der Waals surface area contributed by atoms with Gasteiger partial charge in [-0.25, -0.2) is 9.97 Å². The van der Waals surface area contributed by atoms with Crippen LogP contribution in [-0.2, 0) is 6.54 Å². The van der Waals surface area contributed by atoms with Crippen LogP contribution in [0.4, 0.5) is 5.82 Å². The molecule has 132 valence electrons. The molecule has 1 unspecified atom stereocenters. The number of hydrogen-bond acceptors (Lipinski definition) is 5. The summed E-state index contributed by atoms with van der Waals surface area (Å²) in [6, 6.07) is 6.87. The molecule has 1 aliphatic rings. The third-order valence-electron chi connectivity index (χ3n) is 4.36. The van der Waals surface area contributed by atoms with Crippen molar-refractivity contribution in [2.75, 3.05) is 25.9 Å². The molecule has 1 amide bonds. The molecule has 0 aliphatic carbocycles. The first kappa shape index (κ1) is 17.9. The highest BCUT2D eigenvalue weighted by Gasteiger charge is 2.29. The van der Waals surface area contributed by atoms with E-state index in [0.29, 0.717) is 46.9 Å². The number of likely N-dealkylation sites (N-methyl/N-ethyl adjacent to an activating group) is 1. The summed E-state index contributed by atoms with van der Waals surface area (Å²) in [5, 5.41) is 0.832. The van der Waals surface area contributed by atoms with Gasteiger partial charge in [-0.2, -0.15) is 0 Å². The van der Waals surface area contributed by atoms with Gasteiger partial charge in [0, 0.05) is 30.9 Å². The van der Waals surface area contributed by atoms with Crippen LogP contribution < -0.4 is 5.73 Å². The quantitative estimate of drug-likeness (QED) is 0.883. The number of halogens is 2. The van der Waals surface area contributed by atoms with Crippen LogP contribution in [0.2, 0.25) is 10.0 Å². The third-order valence-corrected chi connectivity index (χ3v) is 5.10. The smallest absolute Gasteiger partial charge is 0.253 e. The number of nitrogens with two attached hydrogens (primary N) is 1.